The van der Waals surface area contributed by atoms with Gasteiger partial charge in [0.25, 0.3) is 0 Å². The first-order chi connectivity index (χ1) is 6.79. The molecule has 0 atom stereocenters. The van der Waals surface area contributed by atoms with Crippen molar-refractivity contribution < 1.29 is 0 Å². The number of nitrogens with one attached hydrogen (secondary N) is 1. The summed E-state index contributed by atoms with van der Waals surface area (Å²) < 4.78 is 3.35. The van der Waals surface area contributed by atoms with Crippen molar-refractivity contribution in [2.75, 3.05) is 27.2 Å². The van der Waals surface area contributed by atoms with Crippen LogP contribution in [0.25, 0.3) is 0 Å². The van der Waals surface area contributed by atoms with Crippen LogP contribution in [0.1, 0.15) is 6.42 Å². The van der Waals surface area contributed by atoms with Crippen LogP contribution in [0, 0.1) is 0 Å². The maximum absolute atomic E-state index is 3.35. The van der Waals surface area contributed by atoms with E-state index in [4.69, 9.17) is 0 Å². The second kappa shape index (κ2) is 6.87. The Morgan fingerprint density at radius 3 is 2.57 bits per heavy atom. The summed E-state index contributed by atoms with van der Waals surface area (Å²) in [5, 5.41) is 0. The van der Waals surface area contributed by atoms with Crippen LogP contribution < -0.4 is 4.72 Å². The molecule has 0 aliphatic rings. The molecule has 0 bridgehead atoms. The third-order valence-electron chi connectivity index (χ3n) is 1.82. The predicted molar refractivity (Wildman–Crippen MR) is 63.5 cm³/mol. The first-order valence-corrected chi connectivity index (χ1v) is 5.70. The zero-order valence-corrected chi connectivity index (χ0v) is 9.68. The van der Waals surface area contributed by atoms with Gasteiger partial charge in [-0.25, -0.2) is 0 Å². The largest absolute Gasteiger partial charge is 0.309 e. The second-order valence-electron chi connectivity index (χ2n) is 3.47. The van der Waals surface area contributed by atoms with E-state index >= 15 is 0 Å². The van der Waals surface area contributed by atoms with E-state index in [1.54, 1.807) is 11.9 Å². The number of benzene rings is 1. The van der Waals surface area contributed by atoms with Crippen molar-refractivity contribution in [1.82, 2.24) is 9.62 Å². The lowest BCUT2D eigenvalue weighted by Gasteiger charge is -2.09. The number of nitrogens with zero attached hydrogens (tertiary/aromatic N) is 1. The van der Waals surface area contributed by atoms with Gasteiger partial charge in [-0.15, -0.1) is 0 Å². The molecule has 14 heavy (non-hydrogen) atoms. The second-order valence-corrected chi connectivity index (χ2v) is 4.43. The summed E-state index contributed by atoms with van der Waals surface area (Å²) in [5.41, 5.74) is 0. The molecule has 78 valence electrons. The summed E-state index contributed by atoms with van der Waals surface area (Å²) in [7, 11) is 4.20. The first kappa shape index (κ1) is 11.6. The van der Waals surface area contributed by atoms with Gasteiger partial charge in [0.05, 0.1) is 0 Å². The summed E-state index contributed by atoms with van der Waals surface area (Å²) in [6, 6.07) is 10.4. The highest BCUT2D eigenvalue weighted by atomic mass is 32.2. The van der Waals surface area contributed by atoms with E-state index in [0.29, 0.717) is 0 Å². The minimum Gasteiger partial charge on any atom is -0.309 e. The Balaban J connectivity index is 2.05. The van der Waals surface area contributed by atoms with Crippen molar-refractivity contribution in [2.24, 2.45) is 0 Å². The Bertz CT molecular complexity index is 236. The average molecular weight is 210 g/mol. The number of hydrogen-bond acceptors (Lipinski definition) is 3. The maximum Gasteiger partial charge on any atom is 0.0228 e. The quantitative estimate of drug-likeness (QED) is 0.572. The minimum absolute atomic E-state index is 1.05. The van der Waals surface area contributed by atoms with Gasteiger partial charge in [0.1, 0.15) is 0 Å². The highest BCUT2D eigenvalue weighted by Crippen LogP contribution is 2.12. The zero-order valence-electron chi connectivity index (χ0n) is 8.86. The van der Waals surface area contributed by atoms with Gasteiger partial charge in [-0.3, -0.25) is 4.72 Å². The molecule has 0 saturated heterocycles. The van der Waals surface area contributed by atoms with Crippen LogP contribution in [0.15, 0.2) is 35.2 Å². The van der Waals surface area contributed by atoms with Crippen molar-refractivity contribution in [1.29, 1.82) is 0 Å². The summed E-state index contributed by atoms with van der Waals surface area (Å²) in [4.78, 5) is 3.48. The molecule has 0 saturated carbocycles. The standard InChI is InChI=1S/C11H18N2S/c1-13(2)10-6-9-12-14-11-7-4-3-5-8-11/h3-5,7-8,12H,6,9-10H2,1-2H3. The molecule has 1 aromatic carbocycles. The molecule has 0 fully saturated rings. The van der Waals surface area contributed by atoms with Crippen LogP contribution in [0.3, 0.4) is 0 Å². The van der Waals surface area contributed by atoms with Crippen LogP contribution in [0.5, 0.6) is 0 Å². The molecule has 1 aromatic rings. The normalized spacial score (nSPS) is 10.8. The van der Waals surface area contributed by atoms with Crippen LogP contribution in [0.2, 0.25) is 0 Å². The smallest absolute Gasteiger partial charge is 0.0228 e. The summed E-state index contributed by atoms with van der Waals surface area (Å²) >= 11 is 1.70. The molecule has 0 radical (unpaired) electrons. The van der Waals surface area contributed by atoms with E-state index in [9.17, 15) is 0 Å². The Labute approximate surface area is 90.8 Å². The molecule has 0 spiro atoms. The molecule has 2 nitrogen and oxygen atoms in total. The molecule has 0 unspecified atom stereocenters. The van der Waals surface area contributed by atoms with Gasteiger partial charge in [0, 0.05) is 11.4 Å². The fraction of sp³-hybridized carbons (Fsp3) is 0.455. The molecule has 0 aliphatic heterocycles. The molecule has 0 amide bonds. The highest BCUT2D eigenvalue weighted by Gasteiger charge is 1.92. The third-order valence-corrected chi connectivity index (χ3v) is 2.67. The van der Waals surface area contributed by atoms with Crippen LogP contribution in [-0.4, -0.2) is 32.1 Å². The minimum atomic E-state index is 1.05. The number of hydrogen-bond donors (Lipinski definition) is 1. The van der Waals surface area contributed by atoms with Crippen molar-refractivity contribution in [2.45, 2.75) is 11.3 Å². The molecule has 0 aromatic heterocycles. The molecule has 1 N–H and O–H groups in total. The van der Waals surface area contributed by atoms with E-state index in [-0.39, 0.29) is 0 Å². The fourth-order valence-electron chi connectivity index (χ4n) is 1.09. The Morgan fingerprint density at radius 2 is 1.93 bits per heavy atom. The molecule has 0 heterocycles. The van der Waals surface area contributed by atoms with Gasteiger partial charge in [0.15, 0.2) is 0 Å². The highest BCUT2D eigenvalue weighted by molar-refractivity contribution is 7.97. The van der Waals surface area contributed by atoms with Crippen molar-refractivity contribution in [3.05, 3.63) is 30.3 Å². The predicted octanol–water partition coefficient (Wildman–Crippen LogP) is 2.24. The van der Waals surface area contributed by atoms with Crippen LogP contribution >= 0.6 is 11.9 Å². The first-order valence-electron chi connectivity index (χ1n) is 4.88. The van der Waals surface area contributed by atoms with Crippen molar-refractivity contribution >= 4 is 11.9 Å². The lowest BCUT2D eigenvalue weighted by atomic mass is 10.4. The van der Waals surface area contributed by atoms with Gasteiger partial charge >= 0.3 is 0 Å². The van der Waals surface area contributed by atoms with Gasteiger partial charge < -0.3 is 4.90 Å². The molecular formula is C11H18N2S. The van der Waals surface area contributed by atoms with E-state index < -0.39 is 0 Å². The molecule has 0 aliphatic carbocycles. The van der Waals surface area contributed by atoms with E-state index in [0.717, 1.165) is 13.1 Å². The zero-order chi connectivity index (χ0) is 10.2. The molecular weight excluding hydrogens is 192 g/mol. The lowest BCUT2D eigenvalue weighted by Crippen LogP contribution is -2.17. The van der Waals surface area contributed by atoms with Gasteiger partial charge in [-0.2, -0.15) is 0 Å². The average Bonchev–Trinajstić information content (AvgIpc) is 2.18. The maximum atomic E-state index is 3.35. The SMILES string of the molecule is CN(C)CCCNSc1ccccc1. The summed E-state index contributed by atoms with van der Waals surface area (Å²) in [6.07, 6.45) is 1.19. The van der Waals surface area contributed by atoms with E-state index in [1.807, 2.05) is 6.07 Å². The monoisotopic (exact) mass is 210 g/mol. The van der Waals surface area contributed by atoms with E-state index in [2.05, 4.69) is 48.0 Å². The van der Waals surface area contributed by atoms with Crippen LogP contribution in [0.4, 0.5) is 0 Å². The molecule has 1 rings (SSSR count). The Hall–Kier alpha value is -0.510. The topological polar surface area (TPSA) is 15.3 Å². The Kier molecular flexibility index (Phi) is 5.68. The van der Waals surface area contributed by atoms with Crippen LogP contribution in [-0.2, 0) is 0 Å². The van der Waals surface area contributed by atoms with Gasteiger partial charge in [-0.05, 0) is 51.1 Å². The third kappa shape index (κ3) is 5.27. The fourth-order valence-corrected chi connectivity index (χ4v) is 1.80. The molecule has 3 heteroatoms. The van der Waals surface area contributed by atoms with Crippen molar-refractivity contribution in [3.8, 4) is 0 Å². The lowest BCUT2D eigenvalue weighted by molar-refractivity contribution is 0.401. The number of rotatable bonds is 6. The van der Waals surface area contributed by atoms with Gasteiger partial charge in [-0.1, -0.05) is 18.2 Å². The van der Waals surface area contributed by atoms with E-state index in [1.165, 1.54) is 11.3 Å². The summed E-state index contributed by atoms with van der Waals surface area (Å²) in [6.45, 7) is 2.19. The van der Waals surface area contributed by atoms with Gasteiger partial charge in [0.2, 0.25) is 0 Å². The summed E-state index contributed by atoms with van der Waals surface area (Å²) in [5.74, 6) is 0. The Morgan fingerprint density at radius 1 is 1.21 bits per heavy atom. The van der Waals surface area contributed by atoms with Crippen molar-refractivity contribution in [3.63, 3.8) is 0 Å².